The minimum atomic E-state index is -0.433. The molecule has 4 rings (SSSR count). The molecular formula is C14H12ClN3O2. The summed E-state index contributed by atoms with van der Waals surface area (Å²) in [4.78, 5) is 4.36. The van der Waals surface area contributed by atoms with Gasteiger partial charge in [0.05, 0.1) is 5.54 Å². The number of benzene rings is 1. The fourth-order valence-corrected chi connectivity index (χ4v) is 2.61. The van der Waals surface area contributed by atoms with Gasteiger partial charge in [0.1, 0.15) is 5.58 Å². The van der Waals surface area contributed by atoms with E-state index in [1.54, 1.807) is 6.07 Å². The molecule has 3 aromatic rings. The van der Waals surface area contributed by atoms with Gasteiger partial charge in [-0.25, -0.2) is 0 Å². The third kappa shape index (κ3) is 1.74. The van der Waals surface area contributed by atoms with Crippen molar-refractivity contribution < 1.29 is 8.94 Å². The van der Waals surface area contributed by atoms with Gasteiger partial charge < -0.3 is 14.7 Å². The lowest BCUT2D eigenvalue weighted by molar-refractivity contribution is 0.229. The highest BCUT2D eigenvalue weighted by Crippen LogP contribution is 2.38. The number of furan rings is 1. The smallest absolute Gasteiger partial charge is 0.293 e. The topological polar surface area (TPSA) is 78.1 Å². The van der Waals surface area contributed by atoms with Crippen LogP contribution in [0.5, 0.6) is 0 Å². The summed E-state index contributed by atoms with van der Waals surface area (Å²) in [6.45, 7) is 0. The van der Waals surface area contributed by atoms with Gasteiger partial charge in [0.2, 0.25) is 0 Å². The Balaban J connectivity index is 1.75. The average molecular weight is 290 g/mol. The molecule has 2 heterocycles. The molecule has 1 aliphatic carbocycles. The van der Waals surface area contributed by atoms with Gasteiger partial charge in [-0.1, -0.05) is 16.8 Å². The fraction of sp³-hybridized carbons (Fsp3) is 0.286. The van der Waals surface area contributed by atoms with Gasteiger partial charge in [0.15, 0.2) is 11.6 Å². The van der Waals surface area contributed by atoms with Crippen molar-refractivity contribution in [2.24, 2.45) is 5.73 Å². The Morgan fingerprint density at radius 3 is 2.85 bits per heavy atom. The number of hydrogen-bond donors (Lipinski definition) is 1. The zero-order valence-electron chi connectivity index (χ0n) is 10.6. The predicted octanol–water partition coefficient (Wildman–Crippen LogP) is 3.47. The van der Waals surface area contributed by atoms with E-state index in [9.17, 15) is 0 Å². The van der Waals surface area contributed by atoms with Gasteiger partial charge in [0, 0.05) is 10.4 Å². The van der Waals surface area contributed by atoms with Crippen LogP contribution in [0.15, 0.2) is 33.2 Å². The number of nitrogens with two attached hydrogens (primary N) is 1. The van der Waals surface area contributed by atoms with Crippen molar-refractivity contribution >= 4 is 22.6 Å². The molecule has 0 unspecified atom stereocenters. The lowest BCUT2D eigenvalue weighted by Crippen LogP contribution is -2.44. The first kappa shape index (κ1) is 11.9. The van der Waals surface area contributed by atoms with Crippen LogP contribution in [0, 0.1) is 0 Å². The van der Waals surface area contributed by atoms with E-state index in [2.05, 4.69) is 10.1 Å². The third-order valence-corrected chi connectivity index (χ3v) is 4.04. The molecule has 0 radical (unpaired) electrons. The number of aromatic nitrogens is 2. The molecule has 0 bridgehead atoms. The van der Waals surface area contributed by atoms with Crippen LogP contribution in [0.1, 0.15) is 25.1 Å². The Morgan fingerprint density at radius 1 is 1.25 bits per heavy atom. The van der Waals surface area contributed by atoms with Crippen molar-refractivity contribution in [2.75, 3.05) is 0 Å². The van der Waals surface area contributed by atoms with Gasteiger partial charge in [0.25, 0.3) is 5.89 Å². The number of hydrogen-bond acceptors (Lipinski definition) is 5. The predicted molar refractivity (Wildman–Crippen MR) is 74.2 cm³/mol. The summed E-state index contributed by atoms with van der Waals surface area (Å²) in [5, 5.41) is 5.54. The van der Waals surface area contributed by atoms with Gasteiger partial charge in [-0.05, 0) is 43.5 Å². The summed E-state index contributed by atoms with van der Waals surface area (Å²) in [6, 6.07) is 7.26. The molecule has 2 N–H and O–H groups in total. The molecule has 6 heteroatoms. The molecule has 0 amide bonds. The first-order valence-corrected chi connectivity index (χ1v) is 6.84. The van der Waals surface area contributed by atoms with Crippen LogP contribution in [0.3, 0.4) is 0 Å². The van der Waals surface area contributed by atoms with Crippen molar-refractivity contribution in [3.63, 3.8) is 0 Å². The Labute approximate surface area is 119 Å². The maximum atomic E-state index is 6.18. The van der Waals surface area contributed by atoms with E-state index in [4.69, 9.17) is 26.3 Å². The molecule has 0 saturated heterocycles. The Morgan fingerprint density at radius 2 is 2.10 bits per heavy atom. The van der Waals surface area contributed by atoms with Crippen molar-refractivity contribution in [1.82, 2.24) is 10.1 Å². The van der Waals surface area contributed by atoms with E-state index in [-0.39, 0.29) is 0 Å². The first-order valence-electron chi connectivity index (χ1n) is 6.47. The summed E-state index contributed by atoms with van der Waals surface area (Å²) in [7, 11) is 0. The van der Waals surface area contributed by atoms with E-state index in [0.29, 0.717) is 22.5 Å². The van der Waals surface area contributed by atoms with Crippen LogP contribution in [0.2, 0.25) is 5.02 Å². The van der Waals surface area contributed by atoms with Gasteiger partial charge >= 0.3 is 0 Å². The molecule has 1 fully saturated rings. The van der Waals surface area contributed by atoms with Gasteiger partial charge in [-0.2, -0.15) is 4.98 Å². The first-order chi connectivity index (χ1) is 9.64. The number of nitrogens with zero attached hydrogens (tertiary/aromatic N) is 2. The van der Waals surface area contributed by atoms with Crippen molar-refractivity contribution in [3.8, 4) is 11.7 Å². The SMILES string of the molecule is NC1(c2noc(-c3cc4cc(Cl)ccc4o3)n2)CCC1. The molecule has 20 heavy (non-hydrogen) atoms. The van der Waals surface area contributed by atoms with Crippen molar-refractivity contribution in [2.45, 2.75) is 24.8 Å². The van der Waals surface area contributed by atoms with E-state index in [0.717, 1.165) is 30.2 Å². The second-order valence-corrected chi connectivity index (χ2v) is 5.66. The molecule has 2 aromatic heterocycles. The number of fused-ring (bicyclic) bond motifs is 1. The summed E-state index contributed by atoms with van der Waals surface area (Å²) in [6.07, 6.45) is 2.88. The van der Waals surface area contributed by atoms with Crippen molar-refractivity contribution in [1.29, 1.82) is 0 Å². The van der Waals surface area contributed by atoms with Crippen LogP contribution < -0.4 is 5.73 Å². The molecule has 1 aliphatic rings. The van der Waals surface area contributed by atoms with Gasteiger partial charge in [-0.3, -0.25) is 0 Å². The highest BCUT2D eigenvalue weighted by molar-refractivity contribution is 6.31. The van der Waals surface area contributed by atoms with Gasteiger partial charge in [-0.15, -0.1) is 0 Å². The Hall–Kier alpha value is -1.85. The van der Waals surface area contributed by atoms with Crippen LogP contribution in [0.4, 0.5) is 0 Å². The Kier molecular flexibility index (Phi) is 2.43. The van der Waals surface area contributed by atoms with E-state index < -0.39 is 5.54 Å². The molecule has 0 atom stereocenters. The van der Waals surface area contributed by atoms with Crippen LogP contribution >= 0.6 is 11.6 Å². The monoisotopic (exact) mass is 289 g/mol. The third-order valence-electron chi connectivity index (χ3n) is 3.81. The lowest BCUT2D eigenvalue weighted by atomic mass is 9.77. The fourth-order valence-electron chi connectivity index (χ4n) is 2.43. The zero-order chi connectivity index (χ0) is 13.7. The standard InChI is InChI=1S/C14H12ClN3O2/c15-9-2-3-10-8(6-9)7-11(19-10)12-17-13(18-20-12)14(16)4-1-5-14/h2-3,6-7H,1,4-5,16H2. The second-order valence-electron chi connectivity index (χ2n) is 5.23. The molecule has 5 nitrogen and oxygen atoms in total. The summed E-state index contributed by atoms with van der Waals surface area (Å²) in [5.74, 6) is 1.44. The number of halogens is 1. The van der Waals surface area contributed by atoms with E-state index in [1.807, 2.05) is 18.2 Å². The Bertz CT molecular complexity index is 789. The van der Waals surface area contributed by atoms with Crippen LogP contribution in [0.25, 0.3) is 22.6 Å². The van der Waals surface area contributed by atoms with E-state index >= 15 is 0 Å². The molecule has 102 valence electrons. The molecule has 0 aliphatic heterocycles. The minimum absolute atomic E-state index is 0.351. The maximum absolute atomic E-state index is 6.18. The lowest BCUT2D eigenvalue weighted by Gasteiger charge is -2.34. The highest BCUT2D eigenvalue weighted by Gasteiger charge is 2.39. The quantitative estimate of drug-likeness (QED) is 0.781. The molecular weight excluding hydrogens is 278 g/mol. The molecule has 1 aromatic carbocycles. The number of rotatable bonds is 2. The highest BCUT2D eigenvalue weighted by atomic mass is 35.5. The summed E-state index contributed by atoms with van der Waals surface area (Å²) < 4.78 is 11.0. The maximum Gasteiger partial charge on any atom is 0.293 e. The largest absolute Gasteiger partial charge is 0.451 e. The average Bonchev–Trinajstić information content (AvgIpc) is 3.01. The summed E-state index contributed by atoms with van der Waals surface area (Å²) in [5.41, 5.74) is 6.48. The normalized spacial score (nSPS) is 17.3. The summed E-state index contributed by atoms with van der Waals surface area (Å²) >= 11 is 5.95. The van der Waals surface area contributed by atoms with Crippen LogP contribution in [-0.2, 0) is 5.54 Å². The van der Waals surface area contributed by atoms with Crippen LogP contribution in [-0.4, -0.2) is 10.1 Å². The molecule has 1 saturated carbocycles. The zero-order valence-corrected chi connectivity index (χ0v) is 11.4. The second kappa shape index (κ2) is 4.07. The minimum Gasteiger partial charge on any atom is -0.451 e. The molecule has 0 spiro atoms. The van der Waals surface area contributed by atoms with E-state index in [1.165, 1.54) is 0 Å². The van der Waals surface area contributed by atoms with Crippen molar-refractivity contribution in [3.05, 3.63) is 35.1 Å².